The van der Waals surface area contributed by atoms with Gasteiger partial charge in [-0.2, -0.15) is 0 Å². The molecule has 0 aliphatic rings. The van der Waals surface area contributed by atoms with Gasteiger partial charge in [-0.25, -0.2) is 0 Å². The van der Waals surface area contributed by atoms with Gasteiger partial charge >= 0.3 is 0 Å². The fourth-order valence-corrected chi connectivity index (χ4v) is 3.39. The molecule has 3 aromatic carbocycles. The average molecular weight is 330 g/mol. The minimum absolute atomic E-state index is 0.362. The van der Waals surface area contributed by atoms with Gasteiger partial charge in [0.1, 0.15) is 0 Å². The first-order valence-corrected chi connectivity index (χ1v) is 9.00. The van der Waals surface area contributed by atoms with Crippen LogP contribution in [0.3, 0.4) is 0 Å². The molecule has 25 heavy (non-hydrogen) atoms. The molecule has 2 nitrogen and oxygen atoms in total. The highest BCUT2D eigenvalue weighted by Gasteiger charge is 2.35. The van der Waals surface area contributed by atoms with E-state index in [1.807, 2.05) is 0 Å². The van der Waals surface area contributed by atoms with Crippen LogP contribution in [0.1, 0.15) is 23.6 Å². The first-order valence-electron chi connectivity index (χ1n) is 9.00. The monoisotopic (exact) mass is 330 g/mol. The van der Waals surface area contributed by atoms with E-state index in [0.717, 1.165) is 19.6 Å². The van der Waals surface area contributed by atoms with Gasteiger partial charge < -0.3 is 5.32 Å². The molecule has 0 radical (unpaired) electrons. The van der Waals surface area contributed by atoms with Crippen LogP contribution in [0.4, 0.5) is 0 Å². The number of rotatable bonds is 8. The highest BCUT2D eigenvalue weighted by atomic mass is 15.0. The smallest absolute Gasteiger partial charge is 0.0948 e. The molecule has 0 atom stereocenters. The Hall–Kier alpha value is -2.42. The third-order valence-corrected chi connectivity index (χ3v) is 4.56. The maximum absolute atomic E-state index is 3.85. The van der Waals surface area contributed by atoms with Crippen LogP contribution in [0.2, 0.25) is 0 Å². The lowest BCUT2D eigenvalue weighted by molar-refractivity contribution is 0.466. The Morgan fingerprint density at radius 3 is 1.36 bits per heavy atom. The molecule has 0 saturated carbocycles. The van der Waals surface area contributed by atoms with E-state index in [1.54, 1.807) is 0 Å². The second kappa shape index (κ2) is 8.61. The quantitative estimate of drug-likeness (QED) is 0.478. The van der Waals surface area contributed by atoms with Crippen molar-refractivity contribution in [3.8, 4) is 0 Å². The predicted molar refractivity (Wildman–Crippen MR) is 106 cm³/mol. The Balaban J connectivity index is 2.13. The van der Waals surface area contributed by atoms with Crippen molar-refractivity contribution in [2.45, 2.75) is 12.5 Å². The van der Waals surface area contributed by atoms with Crippen molar-refractivity contribution in [2.75, 3.05) is 19.6 Å². The third-order valence-electron chi connectivity index (χ3n) is 4.56. The van der Waals surface area contributed by atoms with E-state index in [1.165, 1.54) is 16.7 Å². The van der Waals surface area contributed by atoms with Crippen LogP contribution in [0.15, 0.2) is 91.0 Å². The zero-order valence-corrected chi connectivity index (χ0v) is 14.8. The molecular formula is C23H26N2. The normalized spacial score (nSPS) is 11.4. The van der Waals surface area contributed by atoms with Gasteiger partial charge in [-0.1, -0.05) is 97.9 Å². The summed E-state index contributed by atoms with van der Waals surface area (Å²) in [5, 5.41) is 7.27. The molecule has 0 aromatic heterocycles. The van der Waals surface area contributed by atoms with E-state index >= 15 is 0 Å². The molecule has 0 unspecified atom stereocenters. The van der Waals surface area contributed by atoms with Crippen molar-refractivity contribution < 1.29 is 0 Å². The first kappa shape index (κ1) is 17.4. The average Bonchev–Trinajstić information content (AvgIpc) is 2.70. The number of nitrogens with one attached hydrogen (secondary N) is 2. The van der Waals surface area contributed by atoms with Crippen molar-refractivity contribution in [1.29, 1.82) is 0 Å². The molecular weight excluding hydrogens is 304 g/mol. The Morgan fingerprint density at radius 1 is 0.600 bits per heavy atom. The molecule has 0 saturated heterocycles. The van der Waals surface area contributed by atoms with Crippen LogP contribution >= 0.6 is 0 Å². The van der Waals surface area contributed by atoms with Gasteiger partial charge in [0, 0.05) is 13.1 Å². The van der Waals surface area contributed by atoms with Crippen LogP contribution in [-0.4, -0.2) is 19.6 Å². The molecule has 2 N–H and O–H groups in total. The Bertz CT molecular complexity index is 642. The molecule has 0 amide bonds. The summed E-state index contributed by atoms with van der Waals surface area (Å²) in [6.45, 7) is 4.94. The van der Waals surface area contributed by atoms with E-state index in [4.69, 9.17) is 0 Å². The van der Waals surface area contributed by atoms with E-state index < -0.39 is 0 Å². The fourth-order valence-electron chi connectivity index (χ4n) is 3.39. The van der Waals surface area contributed by atoms with Crippen molar-refractivity contribution in [2.24, 2.45) is 0 Å². The van der Waals surface area contributed by atoms with Gasteiger partial charge in [-0.15, -0.1) is 0 Å². The molecule has 2 heteroatoms. The molecule has 128 valence electrons. The zero-order valence-electron chi connectivity index (χ0n) is 14.8. The molecule has 0 bridgehead atoms. The highest BCUT2D eigenvalue weighted by molar-refractivity contribution is 5.49. The first-order chi connectivity index (χ1) is 12.4. The second-order valence-electron chi connectivity index (χ2n) is 6.13. The van der Waals surface area contributed by atoms with Crippen LogP contribution in [0, 0.1) is 0 Å². The van der Waals surface area contributed by atoms with Gasteiger partial charge in [-0.05, 0) is 23.2 Å². The largest absolute Gasteiger partial charge is 0.316 e. The van der Waals surface area contributed by atoms with Crippen LogP contribution < -0.4 is 10.6 Å². The predicted octanol–water partition coefficient (Wildman–Crippen LogP) is 4.18. The fraction of sp³-hybridized carbons (Fsp3) is 0.217. The van der Waals surface area contributed by atoms with E-state index in [0.29, 0.717) is 0 Å². The summed E-state index contributed by atoms with van der Waals surface area (Å²) in [5.74, 6) is 0. The third kappa shape index (κ3) is 3.81. The molecule has 0 heterocycles. The van der Waals surface area contributed by atoms with Crippen LogP contribution in [0.5, 0.6) is 0 Å². The van der Waals surface area contributed by atoms with Gasteiger partial charge in [0.15, 0.2) is 0 Å². The summed E-state index contributed by atoms with van der Waals surface area (Å²) in [6, 6.07) is 32.1. The van der Waals surface area contributed by atoms with E-state index in [-0.39, 0.29) is 5.54 Å². The zero-order chi connectivity index (χ0) is 17.4. The lowest BCUT2D eigenvalue weighted by atomic mass is 9.77. The summed E-state index contributed by atoms with van der Waals surface area (Å²) in [7, 11) is 0. The number of benzene rings is 3. The maximum atomic E-state index is 3.85. The minimum Gasteiger partial charge on any atom is -0.316 e. The molecule has 3 rings (SSSR count). The number of likely N-dealkylation sites (N-methyl/N-ethyl adjacent to an activating group) is 1. The summed E-state index contributed by atoms with van der Waals surface area (Å²) >= 11 is 0. The lowest BCUT2D eigenvalue weighted by Gasteiger charge is -2.37. The summed E-state index contributed by atoms with van der Waals surface area (Å²) in [6.07, 6.45) is 0. The molecule has 0 fully saturated rings. The minimum atomic E-state index is -0.362. The molecule has 0 spiro atoms. The number of hydrogen-bond acceptors (Lipinski definition) is 2. The van der Waals surface area contributed by atoms with Gasteiger partial charge in [0.2, 0.25) is 0 Å². The van der Waals surface area contributed by atoms with Gasteiger partial charge in [0.25, 0.3) is 0 Å². The topological polar surface area (TPSA) is 24.1 Å². The summed E-state index contributed by atoms with van der Waals surface area (Å²) in [4.78, 5) is 0. The van der Waals surface area contributed by atoms with E-state index in [2.05, 4.69) is 109 Å². The summed E-state index contributed by atoms with van der Waals surface area (Å²) < 4.78 is 0. The maximum Gasteiger partial charge on any atom is 0.0948 e. The summed E-state index contributed by atoms with van der Waals surface area (Å²) in [5.41, 5.74) is 3.40. The second-order valence-corrected chi connectivity index (χ2v) is 6.13. The van der Waals surface area contributed by atoms with Crippen molar-refractivity contribution in [3.63, 3.8) is 0 Å². The highest BCUT2D eigenvalue weighted by Crippen LogP contribution is 2.36. The lowest BCUT2D eigenvalue weighted by Crippen LogP contribution is -2.47. The SMILES string of the molecule is CCNCCNC(c1ccccc1)(c1ccccc1)c1ccccc1. The van der Waals surface area contributed by atoms with E-state index in [9.17, 15) is 0 Å². The number of hydrogen-bond donors (Lipinski definition) is 2. The van der Waals surface area contributed by atoms with Crippen molar-refractivity contribution in [1.82, 2.24) is 10.6 Å². The molecule has 0 aliphatic heterocycles. The Kier molecular flexibility index (Phi) is 5.99. The Morgan fingerprint density at radius 2 is 1.00 bits per heavy atom. The Labute approximate surface area is 150 Å². The van der Waals surface area contributed by atoms with Gasteiger partial charge in [0.05, 0.1) is 5.54 Å². The van der Waals surface area contributed by atoms with Crippen molar-refractivity contribution in [3.05, 3.63) is 108 Å². The van der Waals surface area contributed by atoms with Crippen LogP contribution in [-0.2, 0) is 5.54 Å². The van der Waals surface area contributed by atoms with Gasteiger partial charge in [-0.3, -0.25) is 5.32 Å². The standard InChI is InChI=1S/C23H26N2/c1-2-24-18-19-25-23(20-12-6-3-7-13-20,21-14-8-4-9-15-21)22-16-10-5-11-17-22/h3-17,24-25H,2,18-19H2,1H3. The molecule has 3 aromatic rings. The van der Waals surface area contributed by atoms with Crippen LogP contribution in [0.25, 0.3) is 0 Å². The van der Waals surface area contributed by atoms with Crippen molar-refractivity contribution >= 4 is 0 Å². The molecule has 0 aliphatic carbocycles.